The average molecular weight is 270 g/mol. The molecule has 98 valence electrons. The maximum Gasteiger partial charge on any atom is 0.296 e. The van der Waals surface area contributed by atoms with Gasteiger partial charge in [-0.25, -0.2) is 4.98 Å². The highest BCUT2D eigenvalue weighted by molar-refractivity contribution is 6.32. The van der Waals surface area contributed by atoms with E-state index in [9.17, 15) is 10.2 Å². The third-order valence-corrected chi connectivity index (χ3v) is 3.54. The van der Waals surface area contributed by atoms with Crippen molar-refractivity contribution >= 4 is 22.8 Å². The molecule has 5 nitrogen and oxygen atoms in total. The topological polar surface area (TPSA) is 71.2 Å². The van der Waals surface area contributed by atoms with Gasteiger partial charge in [-0.2, -0.15) is 4.98 Å². The summed E-state index contributed by atoms with van der Waals surface area (Å²) in [4.78, 5) is 8.10. The summed E-state index contributed by atoms with van der Waals surface area (Å²) < 4.78 is 1.71. The Labute approximate surface area is 110 Å². The van der Waals surface area contributed by atoms with Crippen LogP contribution in [0.2, 0.25) is 5.02 Å². The molecule has 0 saturated heterocycles. The molecule has 0 aliphatic carbocycles. The Kier molecular flexibility index (Phi) is 3.73. The maximum absolute atomic E-state index is 9.97. The predicted octanol–water partition coefficient (Wildman–Crippen LogP) is 2.64. The van der Waals surface area contributed by atoms with Gasteiger partial charge >= 0.3 is 0 Å². The first-order chi connectivity index (χ1) is 8.63. The van der Waals surface area contributed by atoms with Crippen LogP contribution < -0.4 is 0 Å². The molecule has 0 radical (unpaired) electrons. The summed E-state index contributed by atoms with van der Waals surface area (Å²) in [5.74, 6) is 0. The minimum atomic E-state index is -0.205. The molecule has 0 saturated carbocycles. The normalized spacial score (nSPS) is 11.6. The largest absolute Gasteiger partial charge is 0.480 e. The fraction of sp³-hybridized carbons (Fsp3) is 0.500. The number of nitrogens with zero attached hydrogens (tertiary/aromatic N) is 3. The molecule has 2 aromatic heterocycles. The highest BCUT2D eigenvalue weighted by atomic mass is 35.5. The van der Waals surface area contributed by atoms with Gasteiger partial charge in [-0.15, -0.1) is 0 Å². The van der Waals surface area contributed by atoms with Crippen LogP contribution in [0.3, 0.4) is 0 Å². The van der Waals surface area contributed by atoms with E-state index in [2.05, 4.69) is 9.97 Å². The number of hydrogen-bond donors (Lipinski definition) is 2. The first-order valence-electron chi connectivity index (χ1n) is 5.99. The predicted molar refractivity (Wildman–Crippen MR) is 69.7 cm³/mol. The van der Waals surface area contributed by atoms with Gasteiger partial charge in [0.2, 0.25) is 0 Å². The molecular weight excluding hydrogens is 254 g/mol. The number of halogens is 1. The number of hydrogen-bond acceptors (Lipinski definition) is 4. The Hall–Kier alpha value is -1.33. The van der Waals surface area contributed by atoms with Crippen LogP contribution in [0.1, 0.15) is 38.3 Å². The SMILES string of the molecule is CCC(CC)n1c(O)nc2ncc(Cl)c(CO)c21. The summed E-state index contributed by atoms with van der Waals surface area (Å²) in [6, 6.07) is 0.0312. The smallest absolute Gasteiger partial charge is 0.296 e. The summed E-state index contributed by atoms with van der Waals surface area (Å²) in [7, 11) is 0. The molecule has 6 heteroatoms. The van der Waals surface area contributed by atoms with Crippen LogP contribution in [0.4, 0.5) is 0 Å². The van der Waals surface area contributed by atoms with Crippen LogP contribution in [0.15, 0.2) is 6.20 Å². The summed E-state index contributed by atoms with van der Waals surface area (Å²) in [5, 5.41) is 19.8. The monoisotopic (exact) mass is 269 g/mol. The van der Waals surface area contributed by atoms with Gasteiger partial charge in [0.1, 0.15) is 0 Å². The minimum absolute atomic E-state index is 0.0804. The fourth-order valence-electron chi connectivity index (χ4n) is 2.24. The van der Waals surface area contributed by atoms with Gasteiger partial charge in [0, 0.05) is 17.8 Å². The standard InChI is InChI=1S/C12H16ClN3O2/c1-3-7(4-2)16-10-8(6-17)9(13)5-14-11(10)15-12(16)18/h5,7,17H,3-4,6H2,1-2H3,(H,14,15,18). The van der Waals surface area contributed by atoms with Crippen molar-refractivity contribution in [1.29, 1.82) is 0 Å². The average Bonchev–Trinajstić information content (AvgIpc) is 2.69. The second kappa shape index (κ2) is 5.12. The Balaban J connectivity index is 2.78. The molecule has 0 unspecified atom stereocenters. The van der Waals surface area contributed by atoms with Crippen molar-refractivity contribution in [3.8, 4) is 6.01 Å². The third-order valence-electron chi connectivity index (χ3n) is 3.21. The number of fused-ring (bicyclic) bond motifs is 1. The Morgan fingerprint density at radius 2 is 2.06 bits per heavy atom. The van der Waals surface area contributed by atoms with Crippen molar-refractivity contribution in [3.63, 3.8) is 0 Å². The molecule has 0 aromatic carbocycles. The van der Waals surface area contributed by atoms with Gasteiger partial charge in [-0.3, -0.25) is 4.57 Å². The second-order valence-corrected chi connectivity index (χ2v) is 4.57. The number of aromatic nitrogens is 3. The third kappa shape index (κ3) is 1.93. The lowest BCUT2D eigenvalue weighted by molar-refractivity contribution is 0.282. The first-order valence-corrected chi connectivity index (χ1v) is 6.36. The first kappa shape index (κ1) is 13.1. The molecule has 0 amide bonds. The lowest BCUT2D eigenvalue weighted by atomic mass is 10.1. The van der Waals surface area contributed by atoms with E-state index < -0.39 is 0 Å². The van der Waals surface area contributed by atoms with Crippen LogP contribution in [-0.4, -0.2) is 24.7 Å². The molecule has 2 aromatic rings. The number of aliphatic hydroxyl groups is 1. The second-order valence-electron chi connectivity index (χ2n) is 4.17. The Bertz CT molecular complexity index is 564. The number of aliphatic hydroxyl groups excluding tert-OH is 1. The van der Waals surface area contributed by atoms with Crippen LogP contribution in [-0.2, 0) is 6.61 Å². The van der Waals surface area contributed by atoms with Crippen molar-refractivity contribution in [1.82, 2.24) is 14.5 Å². The van der Waals surface area contributed by atoms with Crippen molar-refractivity contribution in [2.75, 3.05) is 0 Å². The van der Waals surface area contributed by atoms with E-state index in [1.54, 1.807) is 4.57 Å². The van der Waals surface area contributed by atoms with Gasteiger partial charge in [0.05, 0.1) is 17.1 Å². The van der Waals surface area contributed by atoms with Gasteiger partial charge in [-0.1, -0.05) is 25.4 Å². The van der Waals surface area contributed by atoms with Gasteiger partial charge in [0.25, 0.3) is 6.01 Å². The van der Waals surface area contributed by atoms with E-state index in [0.717, 1.165) is 12.8 Å². The molecule has 0 spiro atoms. The summed E-state index contributed by atoms with van der Waals surface area (Å²) in [5.41, 5.74) is 1.59. The molecule has 0 fully saturated rings. The lowest BCUT2D eigenvalue weighted by Gasteiger charge is -2.17. The summed E-state index contributed by atoms with van der Waals surface area (Å²) >= 11 is 6.03. The molecule has 0 aliphatic heterocycles. The Morgan fingerprint density at radius 3 is 2.61 bits per heavy atom. The zero-order valence-corrected chi connectivity index (χ0v) is 11.1. The summed E-state index contributed by atoms with van der Waals surface area (Å²) in [6.07, 6.45) is 3.15. The molecule has 0 aliphatic rings. The molecule has 0 atom stereocenters. The highest BCUT2D eigenvalue weighted by Gasteiger charge is 2.21. The fourth-order valence-corrected chi connectivity index (χ4v) is 2.44. The molecule has 2 rings (SSSR count). The van der Waals surface area contributed by atoms with E-state index >= 15 is 0 Å². The van der Waals surface area contributed by atoms with E-state index in [4.69, 9.17) is 11.6 Å². The van der Waals surface area contributed by atoms with Gasteiger partial charge in [-0.05, 0) is 12.8 Å². The molecular formula is C12H16ClN3O2. The number of rotatable bonds is 4. The molecule has 18 heavy (non-hydrogen) atoms. The van der Waals surface area contributed by atoms with Crippen LogP contribution in [0.5, 0.6) is 6.01 Å². The zero-order valence-electron chi connectivity index (χ0n) is 10.4. The quantitative estimate of drug-likeness (QED) is 0.895. The van der Waals surface area contributed by atoms with Crippen LogP contribution >= 0.6 is 11.6 Å². The van der Waals surface area contributed by atoms with E-state index in [1.807, 2.05) is 13.8 Å². The number of imidazole rings is 1. The number of aromatic hydroxyl groups is 1. The van der Waals surface area contributed by atoms with E-state index in [0.29, 0.717) is 21.7 Å². The van der Waals surface area contributed by atoms with E-state index in [1.165, 1.54) is 6.20 Å². The van der Waals surface area contributed by atoms with Crippen molar-refractivity contribution in [2.24, 2.45) is 0 Å². The maximum atomic E-state index is 9.97. The number of pyridine rings is 1. The molecule has 2 N–H and O–H groups in total. The van der Waals surface area contributed by atoms with Crippen LogP contribution in [0.25, 0.3) is 11.2 Å². The van der Waals surface area contributed by atoms with Crippen molar-refractivity contribution in [3.05, 3.63) is 16.8 Å². The lowest BCUT2D eigenvalue weighted by Crippen LogP contribution is -2.08. The van der Waals surface area contributed by atoms with Gasteiger partial charge < -0.3 is 10.2 Å². The van der Waals surface area contributed by atoms with E-state index in [-0.39, 0.29) is 18.7 Å². The van der Waals surface area contributed by atoms with Crippen LogP contribution in [0, 0.1) is 0 Å². The minimum Gasteiger partial charge on any atom is -0.480 e. The van der Waals surface area contributed by atoms with Crippen molar-refractivity contribution < 1.29 is 10.2 Å². The van der Waals surface area contributed by atoms with Gasteiger partial charge in [0.15, 0.2) is 5.65 Å². The highest BCUT2D eigenvalue weighted by Crippen LogP contribution is 2.32. The zero-order chi connectivity index (χ0) is 13.3. The summed E-state index contributed by atoms with van der Waals surface area (Å²) in [6.45, 7) is 3.87. The molecule has 2 heterocycles. The molecule has 0 bridgehead atoms. The van der Waals surface area contributed by atoms with Crippen molar-refractivity contribution in [2.45, 2.75) is 39.3 Å². The Morgan fingerprint density at radius 1 is 1.39 bits per heavy atom.